The fourth-order valence-electron chi connectivity index (χ4n) is 1.19. The van der Waals surface area contributed by atoms with E-state index in [1.165, 1.54) is 0 Å². The molecule has 2 heteroatoms. The smallest absolute Gasteiger partial charge is 0.133 e. The predicted molar refractivity (Wildman–Crippen MR) is 49.7 cm³/mol. The van der Waals surface area contributed by atoms with Gasteiger partial charge in [0, 0.05) is 5.31 Å². The third-order valence-corrected chi connectivity index (χ3v) is 2.59. The Kier molecular flexibility index (Phi) is 4.26. The summed E-state index contributed by atoms with van der Waals surface area (Å²) < 4.78 is 0. The van der Waals surface area contributed by atoms with Gasteiger partial charge in [-0.05, 0) is 5.92 Å². The Hall–Kier alpha value is -0.445. The summed E-state index contributed by atoms with van der Waals surface area (Å²) in [5.74, 6) is 0.475. The summed E-state index contributed by atoms with van der Waals surface area (Å²) in [6.45, 7) is 8.28. The largest absolute Gasteiger partial charge is 0.199 e. The molecule has 0 spiro atoms. The molecule has 0 fully saturated rings. The van der Waals surface area contributed by atoms with Crippen molar-refractivity contribution in [2.75, 3.05) is 0 Å². The molecule has 0 amide bonds. The Bertz CT molecular complexity index is 150. The van der Waals surface area contributed by atoms with Gasteiger partial charge in [0.25, 0.3) is 0 Å². The van der Waals surface area contributed by atoms with Crippen LogP contribution in [0.3, 0.4) is 0 Å². The maximum Gasteiger partial charge on any atom is 0.133 e. The van der Waals surface area contributed by atoms with Gasteiger partial charge in [0.05, 0.1) is 6.07 Å². The Labute approximate surface area is 71.0 Å². The van der Waals surface area contributed by atoms with Crippen molar-refractivity contribution in [2.45, 2.75) is 45.8 Å². The van der Waals surface area contributed by atoms with Crippen molar-refractivity contribution in [3.8, 4) is 6.07 Å². The summed E-state index contributed by atoms with van der Waals surface area (Å²) in [6, 6.07) is 2.36. The standard InChI is InChI=1S/C9H17BN/c1-5-6-8(2)9(3,7-11)10-4/h8H,5-6H2,1-4H3. The van der Waals surface area contributed by atoms with Crippen molar-refractivity contribution in [3.05, 3.63) is 0 Å². The molecule has 0 aliphatic rings. The molecule has 2 unspecified atom stereocenters. The zero-order valence-corrected chi connectivity index (χ0v) is 8.02. The van der Waals surface area contributed by atoms with Gasteiger partial charge in [-0.2, -0.15) is 5.26 Å². The van der Waals surface area contributed by atoms with E-state index in [1.807, 2.05) is 21.0 Å². The molecule has 0 heterocycles. The van der Waals surface area contributed by atoms with E-state index in [4.69, 9.17) is 5.26 Å². The first-order valence-electron chi connectivity index (χ1n) is 4.32. The Morgan fingerprint density at radius 2 is 2.18 bits per heavy atom. The van der Waals surface area contributed by atoms with Gasteiger partial charge in [-0.1, -0.05) is 40.4 Å². The molecule has 1 nitrogen and oxygen atoms in total. The first-order chi connectivity index (χ1) is 5.10. The number of rotatable bonds is 4. The van der Waals surface area contributed by atoms with Gasteiger partial charge in [0.2, 0.25) is 0 Å². The first kappa shape index (κ1) is 10.6. The van der Waals surface area contributed by atoms with Gasteiger partial charge < -0.3 is 0 Å². The number of hydrogen-bond acceptors (Lipinski definition) is 1. The Morgan fingerprint density at radius 3 is 2.45 bits per heavy atom. The van der Waals surface area contributed by atoms with Gasteiger partial charge in [0.15, 0.2) is 0 Å². The molecule has 0 saturated heterocycles. The number of nitriles is 1. The van der Waals surface area contributed by atoms with Crippen molar-refractivity contribution < 1.29 is 0 Å². The molecule has 0 aliphatic carbocycles. The van der Waals surface area contributed by atoms with Crippen molar-refractivity contribution in [3.63, 3.8) is 0 Å². The van der Waals surface area contributed by atoms with Crippen LogP contribution in [0.4, 0.5) is 0 Å². The summed E-state index contributed by atoms with van der Waals surface area (Å²) in [6.07, 6.45) is 2.29. The van der Waals surface area contributed by atoms with Gasteiger partial charge in [-0.3, -0.25) is 0 Å². The lowest BCUT2D eigenvalue weighted by Crippen LogP contribution is -2.21. The number of nitrogens with zero attached hydrogens (tertiary/aromatic N) is 1. The SMILES string of the molecule is C[B]C(C)(C#N)C(C)CCC. The average Bonchev–Trinajstić information content (AvgIpc) is 2.03. The average molecular weight is 150 g/mol. The maximum absolute atomic E-state index is 8.90. The molecular formula is C9H17BN. The van der Waals surface area contributed by atoms with E-state index < -0.39 is 0 Å². The lowest BCUT2D eigenvalue weighted by Gasteiger charge is -2.26. The van der Waals surface area contributed by atoms with Crippen LogP contribution in [0.15, 0.2) is 0 Å². The third-order valence-electron chi connectivity index (χ3n) is 2.59. The van der Waals surface area contributed by atoms with Crippen molar-refractivity contribution in [1.82, 2.24) is 0 Å². The summed E-state index contributed by atoms with van der Waals surface area (Å²) >= 11 is 0. The minimum Gasteiger partial charge on any atom is -0.199 e. The normalized spacial score (nSPS) is 18.1. The van der Waals surface area contributed by atoms with E-state index in [9.17, 15) is 0 Å². The minimum atomic E-state index is -0.226. The van der Waals surface area contributed by atoms with E-state index >= 15 is 0 Å². The summed E-state index contributed by atoms with van der Waals surface area (Å²) in [5.41, 5.74) is 0. The van der Waals surface area contributed by atoms with Crippen molar-refractivity contribution in [1.29, 1.82) is 5.26 Å². The molecule has 11 heavy (non-hydrogen) atoms. The lowest BCUT2D eigenvalue weighted by atomic mass is 9.50. The van der Waals surface area contributed by atoms with Gasteiger partial charge in [-0.25, -0.2) is 0 Å². The molecule has 2 atom stereocenters. The molecule has 1 radical (unpaired) electrons. The maximum atomic E-state index is 8.90. The molecule has 61 valence electrons. The molecule has 0 aromatic rings. The molecule has 0 aromatic heterocycles. The molecule has 0 aromatic carbocycles. The second-order valence-electron chi connectivity index (χ2n) is 3.37. The highest BCUT2D eigenvalue weighted by molar-refractivity contribution is 6.39. The summed E-state index contributed by atoms with van der Waals surface area (Å²) in [7, 11) is 2.01. The van der Waals surface area contributed by atoms with Crippen LogP contribution in [0.1, 0.15) is 33.6 Å². The summed E-state index contributed by atoms with van der Waals surface area (Å²) in [4.78, 5) is 0. The van der Waals surface area contributed by atoms with Crippen LogP contribution < -0.4 is 0 Å². The summed E-state index contributed by atoms with van der Waals surface area (Å²) in [5, 5.41) is 8.67. The number of hydrogen-bond donors (Lipinski definition) is 0. The third kappa shape index (κ3) is 2.57. The highest BCUT2D eigenvalue weighted by atomic mass is 14.3. The fraction of sp³-hybridized carbons (Fsp3) is 0.889. The predicted octanol–water partition coefficient (Wildman–Crippen LogP) is 2.88. The fourth-order valence-corrected chi connectivity index (χ4v) is 1.19. The Morgan fingerprint density at radius 1 is 1.64 bits per heavy atom. The molecule has 0 rings (SSSR count). The zero-order valence-electron chi connectivity index (χ0n) is 8.02. The molecule has 0 saturated carbocycles. The second-order valence-corrected chi connectivity index (χ2v) is 3.37. The molecule has 0 bridgehead atoms. The molecular weight excluding hydrogens is 133 g/mol. The van der Waals surface area contributed by atoms with Crippen LogP contribution in [0.25, 0.3) is 0 Å². The Balaban J connectivity index is 4.15. The van der Waals surface area contributed by atoms with E-state index in [1.54, 1.807) is 0 Å². The first-order valence-corrected chi connectivity index (χ1v) is 4.32. The van der Waals surface area contributed by atoms with Crippen LogP contribution in [-0.4, -0.2) is 7.28 Å². The van der Waals surface area contributed by atoms with Crippen LogP contribution in [0.5, 0.6) is 0 Å². The van der Waals surface area contributed by atoms with E-state index in [-0.39, 0.29) is 5.31 Å². The van der Waals surface area contributed by atoms with Gasteiger partial charge in [-0.15, -0.1) is 0 Å². The quantitative estimate of drug-likeness (QED) is 0.565. The zero-order chi connectivity index (χ0) is 8.91. The second kappa shape index (κ2) is 4.44. The van der Waals surface area contributed by atoms with Gasteiger partial charge in [0.1, 0.15) is 7.28 Å². The van der Waals surface area contributed by atoms with Crippen LogP contribution in [0, 0.1) is 17.2 Å². The van der Waals surface area contributed by atoms with Crippen molar-refractivity contribution >= 4 is 7.28 Å². The van der Waals surface area contributed by atoms with E-state index in [2.05, 4.69) is 19.9 Å². The van der Waals surface area contributed by atoms with Crippen LogP contribution in [-0.2, 0) is 0 Å². The molecule has 0 N–H and O–H groups in total. The minimum absolute atomic E-state index is 0.226. The highest BCUT2D eigenvalue weighted by Crippen LogP contribution is 2.35. The van der Waals surface area contributed by atoms with Crippen molar-refractivity contribution in [2.24, 2.45) is 5.92 Å². The monoisotopic (exact) mass is 150 g/mol. The topological polar surface area (TPSA) is 23.8 Å². The highest BCUT2D eigenvalue weighted by Gasteiger charge is 2.28. The van der Waals surface area contributed by atoms with Crippen LogP contribution >= 0.6 is 0 Å². The molecule has 0 aliphatic heterocycles. The van der Waals surface area contributed by atoms with E-state index in [0.29, 0.717) is 5.92 Å². The van der Waals surface area contributed by atoms with Crippen LogP contribution in [0.2, 0.25) is 12.1 Å². The van der Waals surface area contributed by atoms with E-state index in [0.717, 1.165) is 12.8 Å². The lowest BCUT2D eigenvalue weighted by molar-refractivity contribution is 0.444. The van der Waals surface area contributed by atoms with Gasteiger partial charge >= 0.3 is 0 Å².